The second-order valence-corrected chi connectivity index (χ2v) is 9.00. The average Bonchev–Trinajstić information content (AvgIpc) is 2.79. The van der Waals surface area contributed by atoms with E-state index in [1.807, 2.05) is 6.07 Å². The van der Waals surface area contributed by atoms with Gasteiger partial charge in [-0.05, 0) is 51.3 Å². The largest absolute Gasteiger partial charge is 0.465 e. The SMILES string of the molecule is C[C@@H](NS(=O)(=O)C(C)(C)C)c1ccc2c(c1)CCN2C(=O)O. The summed E-state index contributed by atoms with van der Waals surface area (Å²) in [5, 5.41) is 9.12. The Morgan fingerprint density at radius 1 is 1.36 bits per heavy atom. The molecule has 2 rings (SSSR count). The molecular weight excluding hydrogens is 304 g/mol. The lowest BCUT2D eigenvalue weighted by Crippen LogP contribution is -2.40. The minimum absolute atomic E-state index is 0.367. The third-order valence-electron chi connectivity index (χ3n) is 3.87. The van der Waals surface area contributed by atoms with Gasteiger partial charge in [-0.1, -0.05) is 12.1 Å². The molecule has 1 heterocycles. The molecule has 1 aromatic rings. The summed E-state index contributed by atoms with van der Waals surface area (Å²) >= 11 is 0. The fourth-order valence-electron chi connectivity index (χ4n) is 2.37. The minimum Gasteiger partial charge on any atom is -0.465 e. The van der Waals surface area contributed by atoms with E-state index in [0.29, 0.717) is 18.7 Å². The number of carboxylic acid groups (broad SMARTS) is 1. The Bertz CT molecular complexity index is 692. The lowest BCUT2D eigenvalue weighted by Gasteiger charge is -2.24. The molecule has 0 aromatic heterocycles. The molecule has 1 aliphatic heterocycles. The molecule has 1 atom stereocenters. The first-order valence-corrected chi connectivity index (χ1v) is 8.66. The lowest BCUT2D eigenvalue weighted by molar-refractivity contribution is 0.202. The predicted octanol–water partition coefficient (Wildman–Crippen LogP) is 2.51. The molecule has 1 aromatic carbocycles. The van der Waals surface area contributed by atoms with E-state index in [1.165, 1.54) is 4.90 Å². The van der Waals surface area contributed by atoms with Gasteiger partial charge in [-0.2, -0.15) is 0 Å². The second kappa shape index (κ2) is 5.55. The third kappa shape index (κ3) is 3.10. The maximum absolute atomic E-state index is 12.2. The van der Waals surface area contributed by atoms with E-state index < -0.39 is 20.9 Å². The zero-order valence-electron chi connectivity index (χ0n) is 13.3. The Kier molecular flexibility index (Phi) is 4.23. The van der Waals surface area contributed by atoms with Crippen LogP contribution in [0.1, 0.15) is 44.9 Å². The molecule has 0 bridgehead atoms. The summed E-state index contributed by atoms with van der Waals surface area (Å²) in [7, 11) is -3.44. The molecule has 2 N–H and O–H groups in total. The number of rotatable bonds is 3. The molecule has 6 nitrogen and oxygen atoms in total. The number of anilines is 1. The molecule has 0 unspecified atom stereocenters. The van der Waals surface area contributed by atoms with E-state index >= 15 is 0 Å². The van der Waals surface area contributed by atoms with Crippen molar-refractivity contribution in [1.29, 1.82) is 0 Å². The summed E-state index contributed by atoms with van der Waals surface area (Å²) in [5.41, 5.74) is 2.45. The second-order valence-electron chi connectivity index (χ2n) is 6.53. The van der Waals surface area contributed by atoms with Crippen molar-refractivity contribution in [2.45, 2.75) is 44.9 Å². The Hall–Kier alpha value is -1.60. The van der Waals surface area contributed by atoms with E-state index in [9.17, 15) is 13.2 Å². The maximum atomic E-state index is 12.2. The van der Waals surface area contributed by atoms with Crippen molar-refractivity contribution in [3.05, 3.63) is 29.3 Å². The average molecular weight is 326 g/mol. The van der Waals surface area contributed by atoms with Crippen LogP contribution in [0, 0.1) is 0 Å². The molecule has 1 amide bonds. The van der Waals surface area contributed by atoms with Crippen LogP contribution >= 0.6 is 0 Å². The van der Waals surface area contributed by atoms with Crippen molar-refractivity contribution in [1.82, 2.24) is 4.72 Å². The Morgan fingerprint density at radius 3 is 2.55 bits per heavy atom. The number of benzene rings is 1. The zero-order valence-corrected chi connectivity index (χ0v) is 14.1. The Labute approximate surface area is 131 Å². The van der Waals surface area contributed by atoms with Crippen molar-refractivity contribution < 1.29 is 18.3 Å². The van der Waals surface area contributed by atoms with Gasteiger partial charge in [-0.15, -0.1) is 0 Å². The standard InChI is InChI=1S/C15H22N2O4S/c1-10(16-22(20,21)15(2,3)4)11-5-6-13-12(9-11)7-8-17(13)14(18)19/h5-6,9-10,16H,7-8H2,1-4H3,(H,18,19)/t10-/m1/s1. The van der Waals surface area contributed by atoms with Gasteiger partial charge in [0, 0.05) is 12.6 Å². The minimum atomic E-state index is -3.44. The number of sulfonamides is 1. The number of nitrogens with zero attached hydrogens (tertiary/aromatic N) is 1. The summed E-state index contributed by atoms with van der Waals surface area (Å²) in [5.74, 6) is 0. The van der Waals surface area contributed by atoms with Gasteiger partial charge in [-0.3, -0.25) is 4.90 Å². The molecule has 0 saturated heterocycles. The summed E-state index contributed by atoms with van der Waals surface area (Å²) in [6.07, 6.45) is -0.318. The quantitative estimate of drug-likeness (QED) is 0.893. The van der Waals surface area contributed by atoms with Crippen LogP contribution in [0.15, 0.2) is 18.2 Å². The first-order valence-electron chi connectivity index (χ1n) is 7.18. The fourth-order valence-corrected chi connectivity index (χ4v) is 3.32. The van der Waals surface area contributed by atoms with Crippen molar-refractivity contribution in [2.24, 2.45) is 0 Å². The van der Waals surface area contributed by atoms with Crippen LogP contribution in [0.2, 0.25) is 0 Å². The molecule has 0 radical (unpaired) electrons. The smallest absolute Gasteiger partial charge is 0.411 e. The van der Waals surface area contributed by atoms with Crippen LogP contribution in [-0.2, 0) is 16.4 Å². The zero-order chi connectivity index (χ0) is 16.7. The van der Waals surface area contributed by atoms with Gasteiger partial charge in [-0.25, -0.2) is 17.9 Å². The molecule has 7 heteroatoms. The fraction of sp³-hybridized carbons (Fsp3) is 0.533. The highest BCUT2D eigenvalue weighted by molar-refractivity contribution is 7.90. The van der Waals surface area contributed by atoms with Gasteiger partial charge in [0.2, 0.25) is 10.0 Å². The highest BCUT2D eigenvalue weighted by Crippen LogP contribution is 2.31. The first kappa shape index (κ1) is 16.8. The molecule has 0 spiro atoms. The normalized spacial score (nSPS) is 16.5. The number of nitrogens with one attached hydrogen (secondary N) is 1. The molecule has 0 saturated carbocycles. The van der Waals surface area contributed by atoms with Gasteiger partial charge in [0.1, 0.15) is 0 Å². The van der Waals surface area contributed by atoms with Crippen LogP contribution < -0.4 is 9.62 Å². The van der Waals surface area contributed by atoms with Gasteiger partial charge >= 0.3 is 6.09 Å². The van der Waals surface area contributed by atoms with E-state index in [4.69, 9.17) is 5.11 Å². The van der Waals surface area contributed by atoms with Crippen LogP contribution in [-0.4, -0.2) is 30.9 Å². The molecule has 0 aliphatic carbocycles. The van der Waals surface area contributed by atoms with Crippen LogP contribution in [0.3, 0.4) is 0 Å². The van der Waals surface area contributed by atoms with E-state index in [1.54, 1.807) is 39.8 Å². The maximum Gasteiger partial charge on any atom is 0.411 e. The van der Waals surface area contributed by atoms with Gasteiger partial charge < -0.3 is 5.11 Å². The highest BCUT2D eigenvalue weighted by Gasteiger charge is 2.31. The number of hydrogen-bond donors (Lipinski definition) is 2. The summed E-state index contributed by atoms with van der Waals surface area (Å²) in [4.78, 5) is 12.4. The van der Waals surface area contributed by atoms with Gasteiger partial charge in [0.05, 0.1) is 10.4 Å². The van der Waals surface area contributed by atoms with Crippen LogP contribution in [0.5, 0.6) is 0 Å². The molecule has 1 aliphatic rings. The topological polar surface area (TPSA) is 86.7 Å². The first-order chi connectivity index (χ1) is 10.0. The Morgan fingerprint density at radius 2 is 2.00 bits per heavy atom. The van der Waals surface area contributed by atoms with Crippen molar-refractivity contribution in [3.63, 3.8) is 0 Å². The van der Waals surface area contributed by atoms with Gasteiger partial charge in [0.15, 0.2) is 0 Å². The van der Waals surface area contributed by atoms with E-state index in [-0.39, 0.29) is 6.04 Å². The van der Waals surface area contributed by atoms with Gasteiger partial charge in [0.25, 0.3) is 0 Å². The van der Waals surface area contributed by atoms with Crippen molar-refractivity contribution >= 4 is 21.8 Å². The summed E-state index contributed by atoms with van der Waals surface area (Å²) in [6, 6.07) is 5.03. The lowest BCUT2D eigenvalue weighted by atomic mass is 10.0. The number of fused-ring (bicyclic) bond motifs is 1. The number of carbonyl (C=O) groups is 1. The van der Waals surface area contributed by atoms with Crippen molar-refractivity contribution in [3.8, 4) is 0 Å². The predicted molar refractivity (Wildman–Crippen MR) is 85.7 cm³/mol. The van der Waals surface area contributed by atoms with E-state index in [2.05, 4.69) is 4.72 Å². The Balaban J connectivity index is 2.23. The molecular formula is C15H22N2O4S. The van der Waals surface area contributed by atoms with Crippen LogP contribution in [0.25, 0.3) is 0 Å². The number of amides is 1. The molecule has 0 fully saturated rings. The third-order valence-corrected chi connectivity index (χ3v) is 6.14. The summed E-state index contributed by atoms with van der Waals surface area (Å²) < 4.78 is 26.2. The van der Waals surface area contributed by atoms with E-state index in [0.717, 1.165) is 11.1 Å². The van der Waals surface area contributed by atoms with Crippen LogP contribution in [0.4, 0.5) is 10.5 Å². The highest BCUT2D eigenvalue weighted by atomic mass is 32.2. The van der Waals surface area contributed by atoms with Crippen molar-refractivity contribution in [2.75, 3.05) is 11.4 Å². The monoisotopic (exact) mass is 326 g/mol. The summed E-state index contributed by atoms with van der Waals surface area (Å²) in [6.45, 7) is 7.17. The molecule has 22 heavy (non-hydrogen) atoms. The molecule has 122 valence electrons. The number of hydrogen-bond acceptors (Lipinski definition) is 3.